The largest absolute Gasteiger partial charge is 0.505 e. The Morgan fingerprint density at radius 2 is 0.979 bits per heavy atom. The van der Waals surface area contributed by atoms with Crippen molar-refractivity contribution in [3.8, 4) is 23.0 Å². The van der Waals surface area contributed by atoms with E-state index in [1.807, 2.05) is 0 Å². The number of phenols is 2. The molecular weight excluding hydrogens is 652 g/mol. The molecule has 0 saturated carbocycles. The van der Waals surface area contributed by atoms with Gasteiger partial charge in [0.15, 0.2) is 24.1 Å². The molecule has 12 nitrogen and oxygen atoms in total. The van der Waals surface area contributed by atoms with Gasteiger partial charge in [-0.3, -0.25) is 19.6 Å². The van der Waals surface area contributed by atoms with Crippen LogP contribution >= 0.6 is 0 Å². The van der Waals surface area contributed by atoms with Gasteiger partial charge in [0.1, 0.15) is 22.5 Å². The molecule has 47 heavy (non-hydrogen) atoms. The number of fused-ring (bicyclic) bond motifs is 2. The first-order valence-corrected chi connectivity index (χ1v) is 13.7. The predicted octanol–water partition coefficient (Wildman–Crippen LogP) is 8.35. The molecule has 13 heteroatoms. The first kappa shape index (κ1) is 33.8. The van der Waals surface area contributed by atoms with Crippen molar-refractivity contribution in [1.29, 1.82) is 0 Å². The normalized spacial score (nSPS) is 10.8. The minimum Gasteiger partial charge on any atom is -0.505 e. The molecule has 0 saturated heterocycles. The van der Waals surface area contributed by atoms with Gasteiger partial charge in [-0.05, 0) is 84.9 Å². The van der Waals surface area contributed by atoms with Gasteiger partial charge < -0.3 is 19.7 Å². The molecule has 239 valence electrons. The maximum Gasteiger partial charge on any atom is 0.153 e. The van der Waals surface area contributed by atoms with Crippen LogP contribution in [0.1, 0.15) is 20.7 Å². The molecule has 6 rings (SSSR count). The number of hydrogen-bond donors (Lipinski definition) is 2. The number of phenolic OH excluding ortho intramolecular Hbond substituents is 2. The van der Waals surface area contributed by atoms with E-state index < -0.39 is 0 Å². The van der Waals surface area contributed by atoms with Crippen LogP contribution in [0.15, 0.2) is 118 Å². The summed E-state index contributed by atoms with van der Waals surface area (Å²) < 4.78 is 10.2. The molecule has 0 amide bonds. The van der Waals surface area contributed by atoms with Gasteiger partial charge in [0.2, 0.25) is 0 Å². The van der Waals surface area contributed by atoms with E-state index >= 15 is 0 Å². The second-order valence-electron chi connectivity index (χ2n) is 9.50. The van der Waals surface area contributed by atoms with Gasteiger partial charge in [-0.15, -0.1) is 10.2 Å². The molecule has 4 aromatic carbocycles. The van der Waals surface area contributed by atoms with E-state index in [-0.39, 0.29) is 39.7 Å². The summed E-state index contributed by atoms with van der Waals surface area (Å²) >= 11 is 0. The second kappa shape index (κ2) is 15.8. The summed E-state index contributed by atoms with van der Waals surface area (Å²) in [6.07, 6.45) is 4.22. The van der Waals surface area contributed by atoms with E-state index in [9.17, 15) is 19.8 Å². The molecule has 0 atom stereocenters. The molecule has 2 N–H and O–H groups in total. The van der Waals surface area contributed by atoms with Crippen molar-refractivity contribution in [1.82, 2.24) is 9.97 Å². The molecule has 2 aromatic heterocycles. The van der Waals surface area contributed by atoms with Crippen LogP contribution in [-0.4, -0.2) is 47.0 Å². The Balaban J connectivity index is 0.000000208. The van der Waals surface area contributed by atoms with Gasteiger partial charge >= 0.3 is 0 Å². The number of rotatable bonds is 8. The molecule has 0 bridgehead atoms. The Kier molecular flexibility index (Phi) is 11.4. The minimum absolute atomic E-state index is 0. The molecule has 0 spiro atoms. The number of hydrogen-bond acceptors (Lipinski definition) is 12. The van der Waals surface area contributed by atoms with Crippen LogP contribution in [0.3, 0.4) is 0 Å². The van der Waals surface area contributed by atoms with Crippen LogP contribution in [0.2, 0.25) is 0 Å². The Hall–Kier alpha value is -6.04. The van der Waals surface area contributed by atoms with E-state index in [0.29, 0.717) is 57.1 Å². The number of ether oxygens (including phenoxy) is 2. The maximum atomic E-state index is 11.1. The number of nitrogens with zero attached hydrogens (tertiary/aromatic N) is 6. The van der Waals surface area contributed by atoms with Crippen molar-refractivity contribution in [2.75, 3.05) is 14.2 Å². The zero-order valence-electron chi connectivity index (χ0n) is 24.9. The van der Waals surface area contributed by atoms with Crippen LogP contribution in [0, 0.1) is 0 Å². The van der Waals surface area contributed by atoms with Crippen LogP contribution in [-0.2, 0) is 17.1 Å². The van der Waals surface area contributed by atoms with Gasteiger partial charge in [0.25, 0.3) is 0 Å². The van der Waals surface area contributed by atoms with Crippen molar-refractivity contribution in [3.05, 3.63) is 108 Å². The van der Waals surface area contributed by atoms with Crippen LogP contribution in [0.25, 0.3) is 21.8 Å². The Morgan fingerprint density at radius 1 is 0.596 bits per heavy atom. The molecule has 0 aliphatic carbocycles. The predicted molar refractivity (Wildman–Crippen MR) is 172 cm³/mol. The Bertz CT molecular complexity index is 1940. The first-order valence-electron chi connectivity index (χ1n) is 13.7. The smallest absolute Gasteiger partial charge is 0.153 e. The number of methoxy groups -OCH3 is 2. The zero-order chi connectivity index (χ0) is 32.5. The molecule has 1 radical (unpaired) electrons. The SMILES string of the molecule is COc1ccc(N=Nc2cc(C=O)c(O)c3ncccc23)cc1.COc1ccc(N=Nc2cc(C=O)c(O)c3ncccc23)cc1.[Cu]. The third-order valence-electron chi connectivity index (χ3n) is 6.69. The number of aromatic hydroxyl groups is 2. The summed E-state index contributed by atoms with van der Waals surface area (Å²) in [6, 6.07) is 24.1. The third kappa shape index (κ3) is 7.79. The summed E-state index contributed by atoms with van der Waals surface area (Å²) in [6.45, 7) is 0. The summed E-state index contributed by atoms with van der Waals surface area (Å²) in [4.78, 5) is 30.4. The van der Waals surface area contributed by atoms with Gasteiger partial charge in [-0.1, -0.05) is 0 Å². The fourth-order valence-corrected chi connectivity index (χ4v) is 4.33. The van der Waals surface area contributed by atoms with Gasteiger partial charge in [0, 0.05) is 40.2 Å². The third-order valence-corrected chi connectivity index (χ3v) is 6.69. The molecule has 0 unspecified atom stereocenters. The first-order chi connectivity index (χ1) is 22.4. The second-order valence-corrected chi connectivity index (χ2v) is 9.50. The zero-order valence-corrected chi connectivity index (χ0v) is 25.8. The average molecular weight is 678 g/mol. The molecular formula is C34H26CuN6O6. The molecule has 0 aliphatic heterocycles. The van der Waals surface area contributed by atoms with Crippen LogP contribution < -0.4 is 9.47 Å². The van der Waals surface area contributed by atoms with E-state index in [1.54, 1.807) is 99.4 Å². The summed E-state index contributed by atoms with van der Waals surface area (Å²) in [5, 5.41) is 38.0. The molecule has 6 aromatic rings. The summed E-state index contributed by atoms with van der Waals surface area (Å²) in [5.74, 6) is 1.15. The van der Waals surface area contributed by atoms with Gasteiger partial charge in [-0.2, -0.15) is 10.2 Å². The monoisotopic (exact) mass is 677 g/mol. The Labute approximate surface area is 278 Å². The number of azo groups is 2. The van der Waals surface area contributed by atoms with Crippen molar-refractivity contribution in [3.63, 3.8) is 0 Å². The van der Waals surface area contributed by atoms with Gasteiger partial charge in [0.05, 0.1) is 48.1 Å². The topological polar surface area (TPSA) is 168 Å². The van der Waals surface area contributed by atoms with Crippen LogP contribution in [0.4, 0.5) is 22.7 Å². The standard InChI is InChI=1S/2C17H13N3O3.Cu/c2*1-23-13-6-4-12(5-7-13)19-20-15-9-11(10-21)17(22)16-14(15)3-2-8-18-16;/h2*2-10,22H,1H3;. The fraction of sp³-hybridized carbons (Fsp3) is 0.0588. The van der Waals surface area contributed by atoms with Crippen LogP contribution in [0.5, 0.6) is 23.0 Å². The number of pyridine rings is 2. The van der Waals surface area contributed by atoms with Crippen molar-refractivity contribution >= 4 is 57.1 Å². The quantitative estimate of drug-likeness (QED) is 0.0920. The molecule has 0 fully saturated rings. The summed E-state index contributed by atoms with van der Waals surface area (Å²) in [7, 11) is 3.18. The fourth-order valence-electron chi connectivity index (χ4n) is 4.33. The number of aromatic nitrogens is 2. The number of carbonyl (C=O) groups excluding carboxylic acids is 2. The van der Waals surface area contributed by atoms with Crippen molar-refractivity contribution in [2.24, 2.45) is 20.5 Å². The van der Waals surface area contributed by atoms with Gasteiger partial charge in [-0.25, -0.2) is 0 Å². The number of benzene rings is 4. The number of aldehydes is 2. The minimum atomic E-state index is -0.154. The van der Waals surface area contributed by atoms with E-state index in [1.165, 1.54) is 12.1 Å². The summed E-state index contributed by atoms with van der Waals surface area (Å²) in [5.41, 5.74) is 3.10. The van der Waals surface area contributed by atoms with E-state index in [4.69, 9.17) is 9.47 Å². The number of carbonyl (C=O) groups is 2. The van der Waals surface area contributed by atoms with E-state index in [0.717, 1.165) is 11.5 Å². The van der Waals surface area contributed by atoms with Crippen molar-refractivity contribution < 1.29 is 46.3 Å². The molecule has 2 heterocycles. The Morgan fingerprint density at radius 3 is 1.32 bits per heavy atom. The molecule has 0 aliphatic rings. The van der Waals surface area contributed by atoms with E-state index in [2.05, 4.69) is 30.4 Å². The van der Waals surface area contributed by atoms with Crippen molar-refractivity contribution in [2.45, 2.75) is 0 Å². The average Bonchev–Trinajstić information content (AvgIpc) is 3.12. The maximum absolute atomic E-state index is 11.1.